The summed E-state index contributed by atoms with van der Waals surface area (Å²) in [6.45, 7) is 3.76. The van der Waals surface area contributed by atoms with Crippen LogP contribution in [0, 0.1) is 0 Å². The van der Waals surface area contributed by atoms with Gasteiger partial charge in [-0.15, -0.1) is 0 Å². The molecule has 0 spiro atoms. The zero-order valence-electron chi connectivity index (χ0n) is 36.6. The summed E-state index contributed by atoms with van der Waals surface area (Å²) in [5, 5.41) is 0. The second kappa shape index (κ2) is 43.3. The lowest BCUT2D eigenvalue weighted by molar-refractivity contribution is -0.161. The molecule has 3 N–H and O–H groups in total. The van der Waals surface area contributed by atoms with E-state index in [-0.39, 0.29) is 38.6 Å². The predicted molar refractivity (Wildman–Crippen MR) is 234 cm³/mol. The van der Waals surface area contributed by atoms with Gasteiger partial charge >= 0.3 is 19.8 Å². The SMILES string of the molecule is CCCCCC/C=C/CCCCCCCCCCCC(=O)O[C@H](COC(=O)CCCCCCCCCCCCCCCCCCCC)COP(=O)(O)OCCN. The lowest BCUT2D eigenvalue weighted by Gasteiger charge is -2.19. The molecule has 9 nitrogen and oxygen atoms in total. The van der Waals surface area contributed by atoms with Gasteiger partial charge in [-0.2, -0.15) is 0 Å². The van der Waals surface area contributed by atoms with Gasteiger partial charge in [0.15, 0.2) is 6.10 Å². The highest BCUT2D eigenvalue weighted by molar-refractivity contribution is 7.47. The molecule has 332 valence electrons. The molecule has 0 aromatic carbocycles. The Kier molecular flexibility index (Phi) is 42.4. The summed E-state index contributed by atoms with van der Waals surface area (Å²) in [7, 11) is -4.37. The molecule has 0 fully saturated rings. The van der Waals surface area contributed by atoms with Crippen molar-refractivity contribution in [3.8, 4) is 0 Å². The van der Waals surface area contributed by atoms with Crippen molar-refractivity contribution in [2.24, 2.45) is 5.73 Å². The Morgan fingerprint density at radius 1 is 0.518 bits per heavy atom. The normalized spacial score (nSPS) is 13.3. The molecule has 0 aliphatic rings. The summed E-state index contributed by atoms with van der Waals surface area (Å²) >= 11 is 0. The van der Waals surface area contributed by atoms with Crippen LogP contribution in [0.3, 0.4) is 0 Å². The van der Waals surface area contributed by atoms with E-state index in [1.165, 1.54) is 167 Å². The number of hydrogen-bond acceptors (Lipinski definition) is 8. The van der Waals surface area contributed by atoms with Gasteiger partial charge in [0.2, 0.25) is 0 Å². The van der Waals surface area contributed by atoms with Crippen LogP contribution in [0.4, 0.5) is 0 Å². The minimum absolute atomic E-state index is 0.0561. The Labute approximate surface area is 345 Å². The highest BCUT2D eigenvalue weighted by Gasteiger charge is 2.26. The molecule has 0 rings (SSSR count). The van der Waals surface area contributed by atoms with Crippen molar-refractivity contribution in [1.82, 2.24) is 0 Å². The zero-order chi connectivity index (χ0) is 41.1. The number of phosphoric ester groups is 1. The maximum atomic E-state index is 12.6. The quantitative estimate of drug-likeness (QED) is 0.0266. The fourth-order valence-electron chi connectivity index (χ4n) is 6.87. The van der Waals surface area contributed by atoms with Crippen LogP contribution in [-0.4, -0.2) is 49.3 Å². The van der Waals surface area contributed by atoms with Gasteiger partial charge in [0, 0.05) is 19.4 Å². The number of esters is 2. The van der Waals surface area contributed by atoms with Gasteiger partial charge in [0.05, 0.1) is 13.2 Å². The van der Waals surface area contributed by atoms with E-state index < -0.39 is 26.5 Å². The maximum Gasteiger partial charge on any atom is 0.472 e. The molecule has 0 heterocycles. The Hall–Kier alpha value is -1.25. The fourth-order valence-corrected chi connectivity index (χ4v) is 7.63. The van der Waals surface area contributed by atoms with Gasteiger partial charge in [-0.25, -0.2) is 4.57 Å². The van der Waals surface area contributed by atoms with Crippen molar-refractivity contribution in [2.45, 2.75) is 245 Å². The molecule has 0 aliphatic heterocycles. The number of carbonyl (C=O) groups is 2. The minimum atomic E-state index is -4.37. The molecule has 0 saturated heterocycles. The molecule has 56 heavy (non-hydrogen) atoms. The van der Waals surface area contributed by atoms with E-state index in [1.54, 1.807) is 0 Å². The first-order valence-corrected chi connectivity index (χ1v) is 25.2. The van der Waals surface area contributed by atoms with Crippen molar-refractivity contribution >= 4 is 19.8 Å². The molecule has 0 bridgehead atoms. The molecular formula is C46H90NO8P. The average molecular weight is 816 g/mol. The number of rotatable bonds is 45. The van der Waals surface area contributed by atoms with Crippen molar-refractivity contribution in [2.75, 3.05) is 26.4 Å². The predicted octanol–water partition coefficient (Wildman–Crippen LogP) is 13.8. The maximum absolute atomic E-state index is 12.6. The van der Waals surface area contributed by atoms with Crippen LogP contribution in [0.25, 0.3) is 0 Å². The van der Waals surface area contributed by atoms with Gasteiger partial charge in [0.25, 0.3) is 0 Å². The van der Waals surface area contributed by atoms with E-state index in [4.69, 9.17) is 24.3 Å². The zero-order valence-corrected chi connectivity index (χ0v) is 37.5. The Morgan fingerprint density at radius 3 is 1.29 bits per heavy atom. The topological polar surface area (TPSA) is 134 Å². The summed E-state index contributed by atoms with van der Waals surface area (Å²) in [6, 6.07) is 0. The number of hydrogen-bond donors (Lipinski definition) is 2. The van der Waals surface area contributed by atoms with E-state index >= 15 is 0 Å². The molecule has 0 radical (unpaired) electrons. The second-order valence-corrected chi connectivity index (χ2v) is 17.4. The molecule has 0 aromatic rings. The largest absolute Gasteiger partial charge is 0.472 e. The molecular weight excluding hydrogens is 725 g/mol. The molecule has 0 saturated carbocycles. The van der Waals surface area contributed by atoms with Crippen molar-refractivity contribution in [1.29, 1.82) is 0 Å². The van der Waals surface area contributed by atoms with Crippen LogP contribution < -0.4 is 5.73 Å². The smallest absolute Gasteiger partial charge is 0.462 e. The van der Waals surface area contributed by atoms with Crippen LogP contribution >= 0.6 is 7.82 Å². The minimum Gasteiger partial charge on any atom is -0.462 e. The van der Waals surface area contributed by atoms with Gasteiger partial charge in [0.1, 0.15) is 6.61 Å². The summed E-state index contributed by atoms with van der Waals surface area (Å²) in [5.41, 5.74) is 5.36. The number of phosphoric acid groups is 1. The third kappa shape index (κ3) is 42.4. The average Bonchev–Trinajstić information content (AvgIpc) is 3.18. The Bertz CT molecular complexity index is 933. The van der Waals surface area contributed by atoms with Gasteiger partial charge < -0.3 is 20.1 Å². The molecule has 1 unspecified atom stereocenters. The number of carbonyl (C=O) groups excluding carboxylic acids is 2. The van der Waals surface area contributed by atoms with Crippen LogP contribution in [0.2, 0.25) is 0 Å². The van der Waals surface area contributed by atoms with Crippen molar-refractivity contribution < 1.29 is 37.6 Å². The summed E-state index contributed by atoms with van der Waals surface area (Å²) in [6.07, 6.45) is 45.2. The lowest BCUT2D eigenvalue weighted by atomic mass is 10.0. The van der Waals surface area contributed by atoms with Crippen LogP contribution in [0.5, 0.6) is 0 Å². The van der Waals surface area contributed by atoms with E-state index in [0.717, 1.165) is 38.5 Å². The van der Waals surface area contributed by atoms with Gasteiger partial charge in [-0.05, 0) is 38.5 Å². The first-order valence-electron chi connectivity index (χ1n) is 23.7. The van der Waals surface area contributed by atoms with Crippen molar-refractivity contribution in [3.05, 3.63) is 12.2 Å². The Balaban J connectivity index is 4.06. The molecule has 0 amide bonds. The highest BCUT2D eigenvalue weighted by Crippen LogP contribution is 2.43. The number of nitrogens with two attached hydrogens (primary N) is 1. The third-order valence-electron chi connectivity index (χ3n) is 10.4. The van der Waals surface area contributed by atoms with E-state index in [0.29, 0.717) is 6.42 Å². The van der Waals surface area contributed by atoms with Crippen LogP contribution in [-0.2, 0) is 32.7 Å². The van der Waals surface area contributed by atoms with E-state index in [9.17, 15) is 19.0 Å². The van der Waals surface area contributed by atoms with E-state index in [2.05, 4.69) is 26.0 Å². The molecule has 2 atom stereocenters. The van der Waals surface area contributed by atoms with E-state index in [1.807, 2.05) is 0 Å². The standard InChI is InChI=1S/C46H90NO8P/c1-3-5-7-9-11-13-15-17-19-21-23-24-26-28-30-32-34-36-38-45(48)52-42-44(43-54-56(50,51)53-41-40-47)55-46(49)39-37-35-33-31-29-27-25-22-20-18-16-14-12-10-8-6-4-2/h14,16,44H,3-13,15,17-43,47H2,1-2H3,(H,50,51)/b16-14+/t44-/m1/s1. The first kappa shape index (κ1) is 54.8. The monoisotopic (exact) mass is 816 g/mol. The summed E-state index contributed by atoms with van der Waals surface area (Å²) in [4.78, 5) is 34.9. The van der Waals surface area contributed by atoms with Gasteiger partial charge in [-0.1, -0.05) is 199 Å². The lowest BCUT2D eigenvalue weighted by Crippen LogP contribution is -2.29. The summed E-state index contributed by atoms with van der Waals surface area (Å²) in [5.74, 6) is -0.817. The molecule has 10 heteroatoms. The van der Waals surface area contributed by atoms with Crippen molar-refractivity contribution in [3.63, 3.8) is 0 Å². The number of allylic oxidation sites excluding steroid dienone is 2. The Morgan fingerprint density at radius 2 is 0.875 bits per heavy atom. The third-order valence-corrected chi connectivity index (χ3v) is 11.4. The van der Waals surface area contributed by atoms with Gasteiger partial charge in [-0.3, -0.25) is 18.6 Å². The van der Waals surface area contributed by atoms with Crippen LogP contribution in [0.1, 0.15) is 239 Å². The first-order chi connectivity index (χ1) is 27.3. The number of ether oxygens (including phenoxy) is 2. The van der Waals surface area contributed by atoms with Crippen LogP contribution in [0.15, 0.2) is 12.2 Å². The second-order valence-electron chi connectivity index (χ2n) is 16.0. The highest BCUT2D eigenvalue weighted by atomic mass is 31.2. The summed E-state index contributed by atoms with van der Waals surface area (Å²) < 4.78 is 32.9. The molecule has 0 aromatic heterocycles. The fraction of sp³-hybridized carbons (Fsp3) is 0.913. The number of unbranched alkanes of at least 4 members (excludes halogenated alkanes) is 30. The molecule has 0 aliphatic carbocycles.